The molecule has 0 unspecified atom stereocenters. The van der Waals surface area contributed by atoms with Crippen molar-refractivity contribution >= 4 is 27.6 Å². The molecule has 3 fully saturated rings. The van der Waals surface area contributed by atoms with Gasteiger partial charge in [0.1, 0.15) is 23.8 Å². The number of alkyl halides is 3. The Balaban J connectivity index is 0.924. The van der Waals surface area contributed by atoms with E-state index in [4.69, 9.17) is 4.74 Å². The highest BCUT2D eigenvalue weighted by molar-refractivity contribution is 5.90. The number of aromatic nitrogens is 3. The summed E-state index contributed by atoms with van der Waals surface area (Å²) in [5.74, 6) is 1.46. The van der Waals surface area contributed by atoms with Gasteiger partial charge in [-0.3, -0.25) is 9.80 Å². The molecular formula is C39H47F3N8O. The average Bonchev–Trinajstić information content (AvgIpc) is 3.42. The minimum Gasteiger partial charge on any atom is -0.474 e. The summed E-state index contributed by atoms with van der Waals surface area (Å²) in [6, 6.07) is 13.7. The van der Waals surface area contributed by atoms with E-state index in [0.29, 0.717) is 16.5 Å². The number of halogens is 3. The summed E-state index contributed by atoms with van der Waals surface area (Å²) in [4.78, 5) is 18.2. The molecule has 9 nitrogen and oxygen atoms in total. The zero-order valence-corrected chi connectivity index (χ0v) is 29.8. The highest BCUT2D eigenvalue weighted by atomic mass is 19.4. The second kappa shape index (κ2) is 13.7. The SMILES string of the molecule is C=C(OC(C)(C)C)N1CCN(CCn2cc(C#N)c3cc(CN4CCC5(CC4)CN(c4ncnc6ccc(CC(F)(F)F)cc46)C5)ccc32)CC1. The van der Waals surface area contributed by atoms with Crippen molar-refractivity contribution < 1.29 is 17.9 Å². The van der Waals surface area contributed by atoms with Gasteiger partial charge in [0.25, 0.3) is 0 Å². The topological polar surface area (TPSA) is 76.7 Å². The standard InChI is InChI=1S/C39H47F3N8O/c1-28(51-37(2,3)4)48-16-13-46(14-17-48)15-18-49-24-31(22-43)32-20-30(6-8-35(32)49)23-47-11-9-38(10-12-47)25-50(26-38)36-33-19-29(21-39(40,41)42)5-7-34(33)44-27-45-36/h5-8,19-20,24,27H,1,9-18,21,23,25-26H2,2-4H3. The summed E-state index contributed by atoms with van der Waals surface area (Å²) in [5.41, 5.74) is 3.84. The Hall–Kier alpha value is -4.34. The highest BCUT2D eigenvalue weighted by Crippen LogP contribution is 2.44. The van der Waals surface area contributed by atoms with Gasteiger partial charge in [0.15, 0.2) is 5.88 Å². The Morgan fingerprint density at radius 3 is 2.29 bits per heavy atom. The predicted octanol–water partition coefficient (Wildman–Crippen LogP) is 6.57. The fourth-order valence-corrected chi connectivity index (χ4v) is 7.96. The van der Waals surface area contributed by atoms with E-state index in [1.54, 1.807) is 12.1 Å². The molecule has 3 saturated heterocycles. The molecule has 2 aromatic heterocycles. The number of hydrogen-bond acceptors (Lipinski definition) is 8. The molecule has 0 N–H and O–H groups in total. The fraction of sp³-hybridized carbons (Fsp3) is 0.513. The van der Waals surface area contributed by atoms with Crippen LogP contribution in [-0.2, 0) is 24.2 Å². The van der Waals surface area contributed by atoms with Crippen molar-refractivity contribution in [3.05, 3.63) is 78.1 Å². The van der Waals surface area contributed by atoms with Crippen LogP contribution in [0.25, 0.3) is 21.8 Å². The lowest BCUT2D eigenvalue weighted by molar-refractivity contribution is -0.127. The van der Waals surface area contributed by atoms with Crippen LogP contribution in [0.1, 0.15) is 50.3 Å². The Bertz CT molecular complexity index is 1930. The lowest BCUT2D eigenvalue weighted by Crippen LogP contribution is -2.60. The van der Waals surface area contributed by atoms with Crippen LogP contribution in [0.4, 0.5) is 19.0 Å². The van der Waals surface area contributed by atoms with Crippen molar-refractivity contribution in [2.75, 3.05) is 63.8 Å². The van der Waals surface area contributed by atoms with Crippen molar-refractivity contribution in [2.24, 2.45) is 5.41 Å². The molecule has 0 amide bonds. The fourth-order valence-electron chi connectivity index (χ4n) is 7.96. The average molecular weight is 701 g/mol. The lowest BCUT2D eigenvalue weighted by atomic mass is 9.72. The quantitative estimate of drug-likeness (QED) is 0.182. The van der Waals surface area contributed by atoms with Gasteiger partial charge in [-0.1, -0.05) is 12.1 Å². The number of nitriles is 1. The van der Waals surface area contributed by atoms with Crippen molar-refractivity contribution in [1.82, 2.24) is 29.2 Å². The molecule has 0 saturated carbocycles. The maximum Gasteiger partial charge on any atom is 0.393 e. The number of piperazine rings is 1. The second-order valence-electron chi connectivity index (χ2n) is 15.6. The van der Waals surface area contributed by atoms with Crippen molar-refractivity contribution in [3.8, 4) is 6.07 Å². The third-order valence-corrected chi connectivity index (χ3v) is 10.6. The van der Waals surface area contributed by atoms with Gasteiger partial charge in [-0.25, -0.2) is 9.97 Å². The summed E-state index contributed by atoms with van der Waals surface area (Å²) in [6.45, 7) is 20.1. The monoisotopic (exact) mass is 700 g/mol. The number of fused-ring (bicyclic) bond motifs is 2. The summed E-state index contributed by atoms with van der Waals surface area (Å²) >= 11 is 0. The third kappa shape index (κ3) is 7.95. The molecule has 2 aromatic carbocycles. The normalized spacial score (nSPS) is 18.7. The first kappa shape index (κ1) is 35.1. The maximum absolute atomic E-state index is 13.1. The van der Waals surface area contributed by atoms with Gasteiger partial charge in [-0.2, -0.15) is 18.4 Å². The molecule has 0 radical (unpaired) electrons. The number of rotatable bonds is 9. The van der Waals surface area contributed by atoms with Crippen LogP contribution >= 0.6 is 0 Å². The van der Waals surface area contributed by atoms with E-state index in [1.807, 2.05) is 27.0 Å². The minimum atomic E-state index is -4.26. The number of anilines is 1. The van der Waals surface area contributed by atoms with Crippen molar-refractivity contribution in [3.63, 3.8) is 0 Å². The zero-order chi connectivity index (χ0) is 36.0. The minimum absolute atomic E-state index is 0.188. The largest absolute Gasteiger partial charge is 0.474 e. The lowest BCUT2D eigenvalue weighted by Gasteiger charge is -2.54. The van der Waals surface area contributed by atoms with Gasteiger partial charge in [0.2, 0.25) is 0 Å². The Labute approximate surface area is 297 Å². The van der Waals surface area contributed by atoms with Gasteiger partial charge in [0, 0.05) is 86.8 Å². The van der Waals surface area contributed by atoms with Gasteiger partial charge >= 0.3 is 6.18 Å². The molecule has 5 heterocycles. The molecular weight excluding hydrogens is 653 g/mol. The van der Waals surface area contributed by atoms with E-state index >= 15 is 0 Å². The molecule has 7 rings (SSSR count). The van der Waals surface area contributed by atoms with E-state index in [-0.39, 0.29) is 16.6 Å². The molecule has 0 aliphatic carbocycles. The number of likely N-dealkylation sites (tertiary alicyclic amines) is 1. The highest BCUT2D eigenvalue weighted by Gasteiger charge is 2.45. The van der Waals surface area contributed by atoms with Crippen LogP contribution in [0.15, 0.2) is 61.4 Å². The maximum atomic E-state index is 13.1. The van der Waals surface area contributed by atoms with Crippen LogP contribution in [0.3, 0.4) is 0 Å². The van der Waals surface area contributed by atoms with Crippen LogP contribution in [0.5, 0.6) is 0 Å². The molecule has 0 atom stereocenters. The Kier molecular flexibility index (Phi) is 9.39. The van der Waals surface area contributed by atoms with Gasteiger partial charge in [-0.15, -0.1) is 0 Å². The molecule has 12 heteroatoms. The predicted molar refractivity (Wildman–Crippen MR) is 193 cm³/mol. The summed E-state index contributed by atoms with van der Waals surface area (Å²) < 4.78 is 47.4. The smallest absolute Gasteiger partial charge is 0.393 e. The second-order valence-corrected chi connectivity index (χ2v) is 15.6. The van der Waals surface area contributed by atoms with E-state index in [0.717, 1.165) is 107 Å². The first-order valence-electron chi connectivity index (χ1n) is 17.9. The van der Waals surface area contributed by atoms with Crippen LogP contribution in [0.2, 0.25) is 0 Å². The van der Waals surface area contributed by atoms with E-state index in [1.165, 1.54) is 18.0 Å². The Morgan fingerprint density at radius 1 is 0.902 bits per heavy atom. The van der Waals surface area contributed by atoms with Crippen LogP contribution in [0, 0.1) is 16.7 Å². The van der Waals surface area contributed by atoms with E-state index in [9.17, 15) is 18.4 Å². The number of hydrogen-bond donors (Lipinski definition) is 0. The zero-order valence-electron chi connectivity index (χ0n) is 29.8. The summed E-state index contributed by atoms with van der Waals surface area (Å²) in [5, 5.41) is 11.7. The number of benzene rings is 2. The number of piperidine rings is 1. The Morgan fingerprint density at radius 2 is 1.61 bits per heavy atom. The number of nitrogens with zero attached hydrogens (tertiary/aromatic N) is 8. The first-order valence-corrected chi connectivity index (χ1v) is 17.9. The van der Waals surface area contributed by atoms with Gasteiger partial charge in [-0.05, 0) is 88.7 Å². The molecule has 1 spiro atoms. The third-order valence-electron chi connectivity index (χ3n) is 10.6. The van der Waals surface area contributed by atoms with E-state index in [2.05, 4.69) is 65.0 Å². The molecule has 3 aliphatic heterocycles. The van der Waals surface area contributed by atoms with Crippen molar-refractivity contribution in [2.45, 2.75) is 64.9 Å². The van der Waals surface area contributed by atoms with Crippen LogP contribution in [-0.4, -0.2) is 99.9 Å². The molecule has 51 heavy (non-hydrogen) atoms. The first-order chi connectivity index (χ1) is 24.3. The van der Waals surface area contributed by atoms with E-state index < -0.39 is 12.6 Å². The van der Waals surface area contributed by atoms with Crippen LogP contribution < -0.4 is 4.90 Å². The molecule has 4 aromatic rings. The number of ether oxygens (including phenoxy) is 1. The summed E-state index contributed by atoms with van der Waals surface area (Å²) in [7, 11) is 0. The van der Waals surface area contributed by atoms with Gasteiger partial charge in [0.05, 0.1) is 17.5 Å². The van der Waals surface area contributed by atoms with Crippen molar-refractivity contribution in [1.29, 1.82) is 5.26 Å². The molecule has 270 valence electrons. The molecule has 3 aliphatic rings. The summed E-state index contributed by atoms with van der Waals surface area (Å²) in [6.07, 6.45) is 0.387. The van der Waals surface area contributed by atoms with Gasteiger partial charge < -0.3 is 19.1 Å². The molecule has 0 bridgehead atoms.